The summed E-state index contributed by atoms with van der Waals surface area (Å²) in [6.07, 6.45) is -5.18. The first-order chi connectivity index (χ1) is 7.96. The van der Waals surface area contributed by atoms with E-state index < -0.39 is 43.8 Å². The summed E-state index contributed by atoms with van der Waals surface area (Å²) in [5.41, 5.74) is -5.42. The molecule has 0 aliphatic carbocycles. The first-order valence-electron chi connectivity index (χ1n) is 4.00. The third-order valence-electron chi connectivity index (χ3n) is 1.82. The molecule has 0 aliphatic rings. The Morgan fingerprint density at radius 3 is 2.17 bits per heavy atom. The molecule has 11 heteroatoms. The number of pyridine rings is 1. The molecule has 0 aliphatic heterocycles. The van der Waals surface area contributed by atoms with Gasteiger partial charge in [-0.3, -0.25) is 9.35 Å². The van der Waals surface area contributed by atoms with Gasteiger partial charge in [0.1, 0.15) is 11.3 Å². The third-order valence-corrected chi connectivity index (χ3v) is 2.72. The zero-order chi connectivity index (χ0) is 14.3. The molecule has 1 aromatic rings. The van der Waals surface area contributed by atoms with Crippen LogP contribution in [0.4, 0.5) is 13.2 Å². The predicted molar refractivity (Wildman–Crippen MR) is 48.8 cm³/mol. The van der Waals surface area contributed by atoms with Crippen LogP contribution in [-0.4, -0.2) is 29.0 Å². The highest BCUT2D eigenvalue weighted by Crippen LogP contribution is 2.27. The second kappa shape index (κ2) is 4.10. The number of H-pyrrole nitrogens is 1. The molecule has 0 radical (unpaired) electrons. The van der Waals surface area contributed by atoms with E-state index in [-0.39, 0.29) is 6.20 Å². The summed E-state index contributed by atoms with van der Waals surface area (Å²) in [6, 6.07) is 0. The maximum Gasteiger partial charge on any atom is 0.421 e. The van der Waals surface area contributed by atoms with Crippen molar-refractivity contribution in [3.05, 3.63) is 27.7 Å². The van der Waals surface area contributed by atoms with Crippen molar-refractivity contribution < 1.29 is 36.0 Å². The van der Waals surface area contributed by atoms with Crippen molar-refractivity contribution in [1.82, 2.24) is 4.98 Å². The molecular formula is C7H4F3NO6S. The number of alkyl halides is 3. The Labute approximate surface area is 96.6 Å². The molecule has 1 rings (SSSR count). The van der Waals surface area contributed by atoms with Crippen LogP contribution in [0, 0.1) is 0 Å². The molecular weight excluding hydrogens is 283 g/mol. The van der Waals surface area contributed by atoms with Gasteiger partial charge in [-0.2, -0.15) is 21.6 Å². The standard InChI is InChI=1S/C7H4F3NO6S/c8-7(9,10)2-1-11-3(6(13)14)5(4(2)12)18(15,16)17/h1H,(H,11,12)(H,13,14)(H,15,16,17). The molecule has 0 fully saturated rings. The van der Waals surface area contributed by atoms with E-state index >= 15 is 0 Å². The Morgan fingerprint density at radius 1 is 1.33 bits per heavy atom. The van der Waals surface area contributed by atoms with Gasteiger partial charge in [0, 0.05) is 6.20 Å². The lowest BCUT2D eigenvalue weighted by atomic mass is 10.2. The number of nitrogens with one attached hydrogen (secondary N) is 1. The van der Waals surface area contributed by atoms with Crippen LogP contribution in [0.1, 0.15) is 16.1 Å². The Hall–Kier alpha value is -1.88. The van der Waals surface area contributed by atoms with Crippen molar-refractivity contribution in [3.63, 3.8) is 0 Å². The van der Waals surface area contributed by atoms with E-state index in [1.165, 1.54) is 4.98 Å². The fourth-order valence-electron chi connectivity index (χ4n) is 1.13. The van der Waals surface area contributed by atoms with Crippen molar-refractivity contribution in [3.8, 4) is 0 Å². The zero-order valence-corrected chi connectivity index (χ0v) is 8.96. The van der Waals surface area contributed by atoms with Crippen LogP contribution in [0.25, 0.3) is 0 Å². The van der Waals surface area contributed by atoms with E-state index in [0.29, 0.717) is 0 Å². The number of rotatable bonds is 2. The van der Waals surface area contributed by atoms with E-state index in [2.05, 4.69) is 0 Å². The fourth-order valence-corrected chi connectivity index (χ4v) is 1.88. The molecule has 0 saturated heterocycles. The average molecular weight is 287 g/mol. The summed E-state index contributed by atoms with van der Waals surface area (Å²) in [7, 11) is -5.42. The van der Waals surface area contributed by atoms with Gasteiger partial charge in [-0.1, -0.05) is 0 Å². The Kier molecular flexibility index (Phi) is 3.23. The first kappa shape index (κ1) is 14.2. The molecule has 7 nitrogen and oxygen atoms in total. The fraction of sp³-hybridized carbons (Fsp3) is 0.143. The number of aromatic amines is 1. The van der Waals surface area contributed by atoms with Crippen LogP contribution >= 0.6 is 0 Å². The summed E-state index contributed by atoms with van der Waals surface area (Å²) in [5, 5.41) is 8.52. The van der Waals surface area contributed by atoms with Gasteiger partial charge in [-0.05, 0) is 0 Å². The van der Waals surface area contributed by atoms with E-state index in [1.807, 2.05) is 0 Å². The Balaban J connectivity index is 3.85. The highest BCUT2D eigenvalue weighted by molar-refractivity contribution is 7.85. The summed E-state index contributed by atoms with van der Waals surface area (Å²) in [6.45, 7) is 0. The maximum atomic E-state index is 12.3. The van der Waals surface area contributed by atoms with Crippen molar-refractivity contribution >= 4 is 16.1 Å². The van der Waals surface area contributed by atoms with Gasteiger partial charge in [0.05, 0.1) is 0 Å². The van der Waals surface area contributed by atoms with E-state index in [1.54, 1.807) is 0 Å². The number of aromatic nitrogens is 1. The number of carbonyl (C=O) groups is 1. The van der Waals surface area contributed by atoms with Crippen LogP contribution in [-0.2, 0) is 16.3 Å². The average Bonchev–Trinajstić information content (AvgIpc) is 2.12. The lowest BCUT2D eigenvalue weighted by Gasteiger charge is -2.08. The van der Waals surface area contributed by atoms with Crippen LogP contribution < -0.4 is 5.43 Å². The molecule has 0 saturated carbocycles. The van der Waals surface area contributed by atoms with Crippen molar-refractivity contribution in [2.45, 2.75) is 11.1 Å². The van der Waals surface area contributed by atoms with Crippen molar-refractivity contribution in [1.29, 1.82) is 0 Å². The van der Waals surface area contributed by atoms with Gasteiger partial charge >= 0.3 is 22.3 Å². The lowest BCUT2D eigenvalue weighted by Crippen LogP contribution is -2.28. The number of hydrogen-bond acceptors (Lipinski definition) is 4. The molecule has 1 aromatic heterocycles. The molecule has 0 amide bonds. The maximum absolute atomic E-state index is 12.3. The van der Waals surface area contributed by atoms with E-state index in [4.69, 9.17) is 9.66 Å². The molecule has 100 valence electrons. The molecule has 18 heavy (non-hydrogen) atoms. The SMILES string of the molecule is O=C(O)c1[nH]cc(C(F)(F)F)c(=O)c1S(=O)(=O)O. The summed E-state index contributed by atoms with van der Waals surface area (Å²) in [4.78, 5) is 21.4. The molecule has 0 aromatic carbocycles. The largest absolute Gasteiger partial charge is 0.477 e. The third kappa shape index (κ3) is 2.51. The number of hydrogen-bond donors (Lipinski definition) is 3. The van der Waals surface area contributed by atoms with Gasteiger partial charge in [0.25, 0.3) is 0 Å². The molecule has 0 spiro atoms. The van der Waals surface area contributed by atoms with Gasteiger partial charge in [0.15, 0.2) is 4.90 Å². The van der Waals surface area contributed by atoms with Crippen LogP contribution in [0.2, 0.25) is 0 Å². The number of aromatic carboxylic acids is 1. The monoisotopic (exact) mass is 287 g/mol. The predicted octanol–water partition coefficient (Wildman–Crippen LogP) is 0.339. The summed E-state index contributed by atoms with van der Waals surface area (Å²) < 4.78 is 67.1. The van der Waals surface area contributed by atoms with Crippen molar-refractivity contribution in [2.75, 3.05) is 0 Å². The second-order valence-electron chi connectivity index (χ2n) is 3.01. The number of halogens is 3. The van der Waals surface area contributed by atoms with E-state index in [0.717, 1.165) is 0 Å². The minimum absolute atomic E-state index is 0.0144. The smallest absolute Gasteiger partial charge is 0.421 e. The highest BCUT2D eigenvalue weighted by Gasteiger charge is 2.38. The minimum atomic E-state index is -5.42. The lowest BCUT2D eigenvalue weighted by molar-refractivity contribution is -0.138. The van der Waals surface area contributed by atoms with E-state index in [9.17, 15) is 31.2 Å². The van der Waals surface area contributed by atoms with Gasteiger partial charge in [-0.15, -0.1) is 0 Å². The molecule has 1 heterocycles. The van der Waals surface area contributed by atoms with Gasteiger partial charge < -0.3 is 10.1 Å². The molecule has 0 bridgehead atoms. The first-order valence-corrected chi connectivity index (χ1v) is 5.44. The summed E-state index contributed by atoms with van der Waals surface area (Å²) >= 11 is 0. The number of carboxylic acids is 1. The topological polar surface area (TPSA) is 125 Å². The van der Waals surface area contributed by atoms with Crippen LogP contribution in [0.5, 0.6) is 0 Å². The summed E-state index contributed by atoms with van der Waals surface area (Å²) in [5.74, 6) is -2.01. The normalized spacial score (nSPS) is 12.4. The van der Waals surface area contributed by atoms with Gasteiger partial charge in [0.2, 0.25) is 5.43 Å². The molecule has 0 unspecified atom stereocenters. The minimum Gasteiger partial charge on any atom is -0.477 e. The van der Waals surface area contributed by atoms with Crippen molar-refractivity contribution in [2.24, 2.45) is 0 Å². The molecule has 3 N–H and O–H groups in total. The second-order valence-corrected chi connectivity index (χ2v) is 4.37. The van der Waals surface area contributed by atoms with Crippen LogP contribution in [0.15, 0.2) is 15.9 Å². The Morgan fingerprint density at radius 2 is 1.83 bits per heavy atom. The highest BCUT2D eigenvalue weighted by atomic mass is 32.2. The number of carboxylic acid groups (broad SMARTS) is 1. The van der Waals surface area contributed by atoms with Crippen LogP contribution in [0.3, 0.4) is 0 Å². The Bertz CT molecular complexity index is 659. The van der Waals surface area contributed by atoms with Gasteiger partial charge in [-0.25, -0.2) is 4.79 Å². The zero-order valence-electron chi connectivity index (χ0n) is 8.15. The quantitative estimate of drug-likeness (QED) is 0.673. The molecule has 0 atom stereocenters.